The summed E-state index contributed by atoms with van der Waals surface area (Å²) in [6, 6.07) is 0. The highest BCUT2D eigenvalue weighted by molar-refractivity contribution is 7.88. The first-order chi connectivity index (χ1) is 8.88. The van der Waals surface area contributed by atoms with Crippen molar-refractivity contribution in [3.05, 3.63) is 17.0 Å². The van der Waals surface area contributed by atoms with E-state index in [0.29, 0.717) is 24.9 Å². The Labute approximate surface area is 114 Å². The summed E-state index contributed by atoms with van der Waals surface area (Å²) >= 11 is 0. The van der Waals surface area contributed by atoms with E-state index >= 15 is 0 Å². The quantitative estimate of drug-likeness (QED) is 0.852. The molecule has 0 aromatic carbocycles. The van der Waals surface area contributed by atoms with Crippen molar-refractivity contribution in [2.24, 2.45) is 5.92 Å². The maximum atomic E-state index is 11.9. The first kappa shape index (κ1) is 13.1. The molecule has 1 aromatic rings. The minimum absolute atomic E-state index is 0.134. The van der Waals surface area contributed by atoms with Crippen molar-refractivity contribution < 1.29 is 12.9 Å². The van der Waals surface area contributed by atoms with Gasteiger partial charge in [-0.05, 0) is 18.8 Å². The Balaban J connectivity index is 2.03. The SMILES string of the molecule is CC(C)C1CN(S(C)(=O)=O)Cc2c1noc2C1CC1. The molecule has 2 heterocycles. The molecule has 3 rings (SSSR count). The van der Waals surface area contributed by atoms with E-state index in [0.717, 1.165) is 29.9 Å². The van der Waals surface area contributed by atoms with Gasteiger partial charge in [-0.3, -0.25) is 0 Å². The van der Waals surface area contributed by atoms with Crippen molar-refractivity contribution in [2.75, 3.05) is 12.8 Å². The molecule has 0 amide bonds. The van der Waals surface area contributed by atoms with E-state index in [1.165, 1.54) is 6.26 Å². The predicted molar refractivity (Wildman–Crippen MR) is 71.3 cm³/mol. The van der Waals surface area contributed by atoms with Gasteiger partial charge in [-0.15, -0.1) is 0 Å². The first-order valence-corrected chi connectivity index (χ1v) is 8.66. The third-order valence-electron chi connectivity index (χ3n) is 4.16. The van der Waals surface area contributed by atoms with Gasteiger partial charge in [0.1, 0.15) is 5.76 Å². The van der Waals surface area contributed by atoms with Crippen molar-refractivity contribution in [3.63, 3.8) is 0 Å². The zero-order valence-corrected chi connectivity index (χ0v) is 12.4. The van der Waals surface area contributed by atoms with Gasteiger partial charge < -0.3 is 4.52 Å². The largest absolute Gasteiger partial charge is 0.360 e. The smallest absolute Gasteiger partial charge is 0.211 e. The molecule has 2 aliphatic rings. The second kappa shape index (κ2) is 4.31. The standard InChI is InChI=1S/C13H20N2O3S/c1-8(2)10-6-15(19(3,16)17)7-11-12(10)14-18-13(11)9-4-5-9/h8-10H,4-7H2,1-3H3. The molecule has 6 heteroatoms. The molecule has 0 radical (unpaired) electrons. The fourth-order valence-corrected chi connectivity index (χ4v) is 3.57. The van der Waals surface area contributed by atoms with Crippen LogP contribution < -0.4 is 0 Å². The van der Waals surface area contributed by atoms with E-state index < -0.39 is 10.0 Å². The Morgan fingerprint density at radius 3 is 2.58 bits per heavy atom. The van der Waals surface area contributed by atoms with Crippen LogP contribution in [0.5, 0.6) is 0 Å². The lowest BCUT2D eigenvalue weighted by Gasteiger charge is -2.32. The number of fused-ring (bicyclic) bond motifs is 1. The minimum Gasteiger partial charge on any atom is -0.360 e. The van der Waals surface area contributed by atoms with Crippen LogP contribution >= 0.6 is 0 Å². The van der Waals surface area contributed by atoms with Crippen LogP contribution in [0.1, 0.15) is 55.5 Å². The predicted octanol–water partition coefficient (Wildman–Crippen LogP) is 2.07. The van der Waals surface area contributed by atoms with Gasteiger partial charge in [-0.25, -0.2) is 8.42 Å². The highest BCUT2D eigenvalue weighted by Gasteiger charge is 2.40. The molecule has 1 atom stereocenters. The molecule has 1 aliphatic heterocycles. The Bertz CT molecular complexity index is 587. The van der Waals surface area contributed by atoms with Crippen molar-refractivity contribution in [3.8, 4) is 0 Å². The van der Waals surface area contributed by atoms with Gasteiger partial charge >= 0.3 is 0 Å². The molecular weight excluding hydrogens is 264 g/mol. The molecule has 1 saturated carbocycles. The van der Waals surface area contributed by atoms with E-state index in [1.54, 1.807) is 4.31 Å². The summed E-state index contributed by atoms with van der Waals surface area (Å²) in [4.78, 5) is 0. The number of rotatable bonds is 3. The monoisotopic (exact) mass is 284 g/mol. The highest BCUT2D eigenvalue weighted by atomic mass is 32.2. The molecule has 0 bridgehead atoms. The number of nitrogens with zero attached hydrogens (tertiary/aromatic N) is 2. The van der Waals surface area contributed by atoms with Crippen LogP contribution in [0.25, 0.3) is 0 Å². The third-order valence-corrected chi connectivity index (χ3v) is 5.37. The molecule has 0 saturated heterocycles. The summed E-state index contributed by atoms with van der Waals surface area (Å²) in [7, 11) is -3.17. The molecule has 0 spiro atoms. The zero-order chi connectivity index (χ0) is 13.8. The topological polar surface area (TPSA) is 63.4 Å². The zero-order valence-electron chi connectivity index (χ0n) is 11.6. The van der Waals surface area contributed by atoms with Gasteiger partial charge in [0.2, 0.25) is 10.0 Å². The lowest BCUT2D eigenvalue weighted by molar-refractivity contribution is 0.308. The Morgan fingerprint density at radius 2 is 2.05 bits per heavy atom. The van der Waals surface area contributed by atoms with Crippen molar-refractivity contribution in [2.45, 2.75) is 45.1 Å². The van der Waals surface area contributed by atoms with Crippen LogP contribution in [-0.2, 0) is 16.6 Å². The Kier molecular flexibility index (Phi) is 2.98. The number of hydrogen-bond acceptors (Lipinski definition) is 4. The molecule has 1 unspecified atom stereocenters. The summed E-state index contributed by atoms with van der Waals surface area (Å²) in [5, 5.41) is 4.24. The molecule has 1 aromatic heterocycles. The van der Waals surface area contributed by atoms with Gasteiger partial charge in [0.25, 0.3) is 0 Å². The van der Waals surface area contributed by atoms with Crippen LogP contribution in [-0.4, -0.2) is 30.7 Å². The molecular formula is C13H20N2O3S. The average Bonchev–Trinajstić information content (AvgIpc) is 3.06. The average molecular weight is 284 g/mol. The summed E-state index contributed by atoms with van der Waals surface area (Å²) in [6.45, 7) is 5.14. The summed E-state index contributed by atoms with van der Waals surface area (Å²) in [5.41, 5.74) is 2.01. The van der Waals surface area contributed by atoms with Gasteiger partial charge in [0.05, 0.1) is 11.9 Å². The van der Waals surface area contributed by atoms with Crippen LogP contribution in [0.4, 0.5) is 0 Å². The van der Waals surface area contributed by atoms with E-state index in [9.17, 15) is 8.42 Å². The maximum absolute atomic E-state index is 11.9. The fraction of sp³-hybridized carbons (Fsp3) is 0.769. The lowest BCUT2D eigenvalue weighted by Crippen LogP contribution is -2.39. The lowest BCUT2D eigenvalue weighted by atomic mass is 9.87. The molecule has 106 valence electrons. The Morgan fingerprint density at radius 1 is 1.37 bits per heavy atom. The van der Waals surface area contributed by atoms with Crippen molar-refractivity contribution >= 4 is 10.0 Å². The van der Waals surface area contributed by atoms with Gasteiger partial charge in [0, 0.05) is 30.5 Å². The second-order valence-corrected chi connectivity index (χ2v) is 8.07. The maximum Gasteiger partial charge on any atom is 0.211 e. The highest BCUT2D eigenvalue weighted by Crippen LogP contribution is 2.46. The molecule has 1 fully saturated rings. The Hall–Kier alpha value is -0.880. The third kappa shape index (κ3) is 2.31. The minimum atomic E-state index is -3.17. The number of sulfonamides is 1. The summed E-state index contributed by atoms with van der Waals surface area (Å²) < 4.78 is 30.8. The van der Waals surface area contributed by atoms with E-state index in [1.807, 2.05) is 0 Å². The first-order valence-electron chi connectivity index (χ1n) is 6.81. The van der Waals surface area contributed by atoms with E-state index in [-0.39, 0.29) is 5.92 Å². The summed E-state index contributed by atoms with van der Waals surface area (Å²) in [6.07, 6.45) is 3.54. The normalized spacial score (nSPS) is 24.7. The van der Waals surface area contributed by atoms with Gasteiger partial charge in [0.15, 0.2) is 0 Å². The van der Waals surface area contributed by atoms with E-state index in [2.05, 4.69) is 19.0 Å². The number of aromatic nitrogens is 1. The van der Waals surface area contributed by atoms with E-state index in [4.69, 9.17) is 4.52 Å². The van der Waals surface area contributed by atoms with Crippen LogP contribution in [0.2, 0.25) is 0 Å². The van der Waals surface area contributed by atoms with Crippen LogP contribution in [0, 0.1) is 5.92 Å². The fourth-order valence-electron chi connectivity index (χ4n) is 2.78. The van der Waals surface area contributed by atoms with Gasteiger partial charge in [-0.1, -0.05) is 19.0 Å². The van der Waals surface area contributed by atoms with Gasteiger partial charge in [-0.2, -0.15) is 4.31 Å². The summed E-state index contributed by atoms with van der Waals surface area (Å²) in [5.74, 6) is 1.87. The molecule has 0 N–H and O–H groups in total. The molecule has 19 heavy (non-hydrogen) atoms. The number of hydrogen-bond donors (Lipinski definition) is 0. The molecule has 1 aliphatic carbocycles. The van der Waals surface area contributed by atoms with Crippen LogP contribution in [0.3, 0.4) is 0 Å². The second-order valence-electron chi connectivity index (χ2n) is 6.09. The van der Waals surface area contributed by atoms with Crippen LogP contribution in [0.15, 0.2) is 4.52 Å². The van der Waals surface area contributed by atoms with Crippen molar-refractivity contribution in [1.82, 2.24) is 9.46 Å². The van der Waals surface area contributed by atoms with Crippen molar-refractivity contribution in [1.29, 1.82) is 0 Å². The molecule has 5 nitrogen and oxygen atoms in total.